The Labute approximate surface area is 149 Å². The molecule has 3 atom stereocenters. The minimum atomic E-state index is -1.20. The standard InChI is InChI=1S/C15H24N4O7/c1-8(15(25)26)17-13(23)10-3-2-6-19(10)14(24)9(4-5-12(21)22)18-11(20)7-16/h8-10H,2-7,16H2,1H3,(H,17,23)(H,18,20)(H,21,22)(H,25,26). The van der Waals surface area contributed by atoms with Crippen LogP contribution in [0.25, 0.3) is 0 Å². The van der Waals surface area contributed by atoms with Gasteiger partial charge in [0.1, 0.15) is 18.1 Å². The van der Waals surface area contributed by atoms with Crippen molar-refractivity contribution in [1.29, 1.82) is 0 Å². The zero-order valence-electron chi connectivity index (χ0n) is 14.4. The third-order valence-corrected chi connectivity index (χ3v) is 4.03. The van der Waals surface area contributed by atoms with Gasteiger partial charge in [0.2, 0.25) is 17.7 Å². The van der Waals surface area contributed by atoms with Crippen LogP contribution in [-0.2, 0) is 24.0 Å². The average Bonchev–Trinajstić information content (AvgIpc) is 3.06. The van der Waals surface area contributed by atoms with Gasteiger partial charge in [-0.15, -0.1) is 0 Å². The van der Waals surface area contributed by atoms with E-state index in [4.69, 9.17) is 15.9 Å². The second kappa shape index (κ2) is 9.70. The number of carbonyl (C=O) groups is 5. The van der Waals surface area contributed by atoms with Gasteiger partial charge in [0.05, 0.1) is 6.54 Å². The van der Waals surface area contributed by atoms with Crippen LogP contribution in [0.3, 0.4) is 0 Å². The number of carboxylic acids is 2. The number of carbonyl (C=O) groups excluding carboxylic acids is 3. The number of hydrogen-bond acceptors (Lipinski definition) is 6. The van der Waals surface area contributed by atoms with Gasteiger partial charge in [-0.1, -0.05) is 0 Å². The zero-order valence-corrected chi connectivity index (χ0v) is 14.4. The van der Waals surface area contributed by atoms with Crippen LogP contribution in [0.1, 0.15) is 32.6 Å². The predicted molar refractivity (Wildman–Crippen MR) is 87.8 cm³/mol. The Hall–Kier alpha value is -2.69. The number of likely N-dealkylation sites (tertiary alicyclic amines) is 1. The summed E-state index contributed by atoms with van der Waals surface area (Å²) in [6, 6.07) is -3.10. The van der Waals surface area contributed by atoms with Crippen LogP contribution in [0.15, 0.2) is 0 Å². The molecule has 1 aliphatic rings. The van der Waals surface area contributed by atoms with E-state index in [0.29, 0.717) is 12.8 Å². The number of nitrogens with two attached hydrogens (primary N) is 1. The van der Waals surface area contributed by atoms with E-state index in [1.54, 1.807) is 0 Å². The van der Waals surface area contributed by atoms with Crippen LogP contribution in [-0.4, -0.2) is 76.0 Å². The maximum atomic E-state index is 12.7. The van der Waals surface area contributed by atoms with Crippen molar-refractivity contribution in [1.82, 2.24) is 15.5 Å². The molecular weight excluding hydrogens is 348 g/mol. The Morgan fingerprint density at radius 2 is 1.85 bits per heavy atom. The summed E-state index contributed by atoms with van der Waals surface area (Å²) in [5.41, 5.74) is 5.22. The van der Waals surface area contributed by atoms with E-state index in [-0.39, 0.29) is 25.9 Å². The summed E-state index contributed by atoms with van der Waals surface area (Å²) in [5, 5.41) is 22.4. The van der Waals surface area contributed by atoms with Crippen molar-refractivity contribution < 1.29 is 34.2 Å². The molecule has 1 aliphatic heterocycles. The Morgan fingerprint density at radius 1 is 1.19 bits per heavy atom. The van der Waals surface area contributed by atoms with Crippen LogP contribution in [0, 0.1) is 0 Å². The van der Waals surface area contributed by atoms with Gasteiger partial charge in [-0.25, -0.2) is 0 Å². The summed E-state index contributed by atoms with van der Waals surface area (Å²) in [4.78, 5) is 59.4. The smallest absolute Gasteiger partial charge is 0.325 e. The highest BCUT2D eigenvalue weighted by Crippen LogP contribution is 2.20. The third kappa shape index (κ3) is 5.99. The van der Waals surface area contributed by atoms with Crippen molar-refractivity contribution in [2.75, 3.05) is 13.1 Å². The van der Waals surface area contributed by atoms with E-state index in [9.17, 15) is 24.0 Å². The van der Waals surface area contributed by atoms with Gasteiger partial charge in [0, 0.05) is 13.0 Å². The molecule has 3 unspecified atom stereocenters. The summed E-state index contributed by atoms with van der Waals surface area (Å²) >= 11 is 0. The first-order valence-electron chi connectivity index (χ1n) is 8.22. The van der Waals surface area contributed by atoms with Gasteiger partial charge in [-0.3, -0.25) is 24.0 Å². The molecule has 0 aromatic rings. The van der Waals surface area contributed by atoms with Crippen molar-refractivity contribution >= 4 is 29.7 Å². The van der Waals surface area contributed by atoms with E-state index in [1.807, 2.05) is 0 Å². The Morgan fingerprint density at radius 3 is 2.38 bits per heavy atom. The highest BCUT2D eigenvalue weighted by atomic mass is 16.4. The summed E-state index contributed by atoms with van der Waals surface area (Å²) < 4.78 is 0. The fourth-order valence-electron chi connectivity index (χ4n) is 2.65. The monoisotopic (exact) mass is 372 g/mol. The van der Waals surface area contributed by atoms with Crippen molar-refractivity contribution in [3.05, 3.63) is 0 Å². The predicted octanol–water partition coefficient (Wildman–Crippen LogP) is -2.12. The quantitative estimate of drug-likeness (QED) is 0.304. The number of rotatable bonds is 9. The average molecular weight is 372 g/mol. The van der Waals surface area contributed by atoms with Crippen LogP contribution in [0.4, 0.5) is 0 Å². The molecule has 0 aliphatic carbocycles. The molecule has 0 spiro atoms. The Kier molecular flexibility index (Phi) is 7.97. The minimum absolute atomic E-state index is 0.143. The van der Waals surface area contributed by atoms with Crippen LogP contribution >= 0.6 is 0 Å². The number of nitrogens with one attached hydrogen (secondary N) is 2. The second-order valence-electron chi connectivity index (χ2n) is 6.01. The van der Waals surface area contributed by atoms with Crippen molar-refractivity contribution in [3.8, 4) is 0 Å². The Balaban J connectivity index is 2.86. The third-order valence-electron chi connectivity index (χ3n) is 4.03. The number of amides is 3. The van der Waals surface area contributed by atoms with Crippen LogP contribution in [0.5, 0.6) is 0 Å². The molecule has 3 amide bonds. The maximum absolute atomic E-state index is 12.7. The molecule has 0 bridgehead atoms. The van der Waals surface area contributed by atoms with Gasteiger partial charge in [-0.05, 0) is 26.2 Å². The minimum Gasteiger partial charge on any atom is -0.481 e. The molecule has 0 radical (unpaired) electrons. The van der Waals surface area contributed by atoms with Gasteiger partial charge in [-0.2, -0.15) is 0 Å². The lowest BCUT2D eigenvalue weighted by Gasteiger charge is -2.29. The van der Waals surface area contributed by atoms with Crippen molar-refractivity contribution in [2.24, 2.45) is 5.73 Å². The molecule has 26 heavy (non-hydrogen) atoms. The van der Waals surface area contributed by atoms with E-state index < -0.39 is 47.8 Å². The molecule has 146 valence electrons. The molecule has 0 saturated carbocycles. The van der Waals surface area contributed by atoms with E-state index in [2.05, 4.69) is 10.6 Å². The fraction of sp³-hybridized carbons (Fsp3) is 0.667. The number of aliphatic carboxylic acids is 2. The number of nitrogens with zero attached hydrogens (tertiary/aromatic N) is 1. The topological polar surface area (TPSA) is 179 Å². The number of hydrogen-bond donors (Lipinski definition) is 5. The Bertz CT molecular complexity index is 580. The molecule has 1 rings (SSSR count). The lowest BCUT2D eigenvalue weighted by Crippen LogP contribution is -2.55. The molecule has 1 saturated heterocycles. The van der Waals surface area contributed by atoms with Gasteiger partial charge in [0.25, 0.3) is 0 Å². The summed E-state index contributed by atoms with van der Waals surface area (Å²) in [7, 11) is 0. The highest BCUT2D eigenvalue weighted by Gasteiger charge is 2.38. The first-order valence-corrected chi connectivity index (χ1v) is 8.22. The fourth-order valence-corrected chi connectivity index (χ4v) is 2.65. The molecular formula is C15H24N4O7. The van der Waals surface area contributed by atoms with Crippen molar-refractivity contribution in [3.63, 3.8) is 0 Å². The maximum Gasteiger partial charge on any atom is 0.325 e. The van der Waals surface area contributed by atoms with Gasteiger partial charge in [0.15, 0.2) is 0 Å². The van der Waals surface area contributed by atoms with Crippen LogP contribution in [0.2, 0.25) is 0 Å². The SMILES string of the molecule is CC(NC(=O)C1CCCN1C(=O)C(CCC(=O)O)NC(=O)CN)C(=O)O. The van der Waals surface area contributed by atoms with E-state index in [0.717, 1.165) is 0 Å². The normalized spacial score (nSPS) is 18.7. The first kappa shape index (κ1) is 21.4. The van der Waals surface area contributed by atoms with Gasteiger partial charge < -0.3 is 31.5 Å². The number of carboxylic acid groups (broad SMARTS) is 2. The second-order valence-corrected chi connectivity index (χ2v) is 6.01. The lowest BCUT2D eigenvalue weighted by molar-refractivity contribution is -0.144. The summed E-state index contributed by atoms with van der Waals surface area (Å²) in [6.45, 7) is 1.19. The molecule has 11 heteroatoms. The van der Waals surface area contributed by atoms with Gasteiger partial charge >= 0.3 is 11.9 Å². The molecule has 1 fully saturated rings. The first-order chi connectivity index (χ1) is 12.2. The molecule has 0 aromatic carbocycles. The largest absolute Gasteiger partial charge is 0.481 e. The molecule has 1 heterocycles. The van der Waals surface area contributed by atoms with E-state index >= 15 is 0 Å². The summed E-state index contributed by atoms with van der Waals surface area (Å²) in [5.74, 6) is -4.14. The molecule has 6 N–H and O–H groups in total. The van der Waals surface area contributed by atoms with Crippen molar-refractivity contribution in [2.45, 2.75) is 50.7 Å². The molecule has 0 aromatic heterocycles. The molecule has 11 nitrogen and oxygen atoms in total. The lowest BCUT2D eigenvalue weighted by atomic mass is 10.1. The van der Waals surface area contributed by atoms with E-state index in [1.165, 1.54) is 11.8 Å². The highest BCUT2D eigenvalue weighted by molar-refractivity contribution is 5.94. The zero-order chi connectivity index (χ0) is 19.9. The van der Waals surface area contributed by atoms with Crippen LogP contribution < -0.4 is 16.4 Å². The summed E-state index contributed by atoms with van der Waals surface area (Å²) in [6.07, 6.45) is 0.389.